The Hall–Kier alpha value is -3.19. The van der Waals surface area contributed by atoms with Crippen molar-refractivity contribution in [2.24, 2.45) is 0 Å². The van der Waals surface area contributed by atoms with Crippen LogP contribution < -0.4 is 10.1 Å². The molecule has 0 saturated carbocycles. The number of hydrogen-bond acceptors (Lipinski definition) is 4. The summed E-state index contributed by atoms with van der Waals surface area (Å²) < 4.78 is 20.2. The van der Waals surface area contributed by atoms with Crippen molar-refractivity contribution >= 4 is 22.2 Å². The number of amides is 1. The minimum absolute atomic E-state index is 0.284. The van der Waals surface area contributed by atoms with E-state index in [1.54, 1.807) is 19.2 Å². The van der Waals surface area contributed by atoms with Crippen LogP contribution in [0.25, 0.3) is 16.2 Å². The van der Waals surface area contributed by atoms with E-state index in [0.29, 0.717) is 23.7 Å². The molecule has 0 bridgehead atoms. The van der Waals surface area contributed by atoms with Crippen LogP contribution in [0.2, 0.25) is 0 Å². The third-order valence-electron chi connectivity index (χ3n) is 4.19. The average molecular weight is 381 g/mol. The van der Waals surface area contributed by atoms with Crippen LogP contribution in [0.15, 0.2) is 60.1 Å². The summed E-state index contributed by atoms with van der Waals surface area (Å²) in [5.41, 5.74) is 2.71. The molecule has 2 aromatic heterocycles. The van der Waals surface area contributed by atoms with E-state index in [0.717, 1.165) is 16.1 Å². The van der Waals surface area contributed by atoms with Crippen molar-refractivity contribution in [1.29, 1.82) is 0 Å². The topological polar surface area (TPSA) is 55.6 Å². The van der Waals surface area contributed by atoms with E-state index in [2.05, 4.69) is 10.3 Å². The van der Waals surface area contributed by atoms with Gasteiger partial charge >= 0.3 is 0 Å². The Kier molecular flexibility index (Phi) is 4.60. The maximum Gasteiger partial charge on any atom is 0.272 e. The van der Waals surface area contributed by atoms with Crippen LogP contribution in [0.3, 0.4) is 0 Å². The van der Waals surface area contributed by atoms with Gasteiger partial charge in [0, 0.05) is 23.7 Å². The van der Waals surface area contributed by atoms with Crippen LogP contribution in [0, 0.1) is 5.82 Å². The lowest BCUT2D eigenvalue weighted by atomic mass is 10.1. The van der Waals surface area contributed by atoms with Crippen LogP contribution in [-0.4, -0.2) is 22.4 Å². The number of halogens is 1. The molecule has 0 aliphatic rings. The fourth-order valence-electron chi connectivity index (χ4n) is 2.86. The Balaban J connectivity index is 1.67. The third-order valence-corrected chi connectivity index (χ3v) is 4.94. The zero-order chi connectivity index (χ0) is 18.8. The van der Waals surface area contributed by atoms with Crippen LogP contribution in [0.1, 0.15) is 16.1 Å². The number of nitrogens with zero attached hydrogens (tertiary/aromatic N) is 2. The van der Waals surface area contributed by atoms with E-state index in [1.807, 2.05) is 40.2 Å². The number of aromatic nitrogens is 2. The highest BCUT2D eigenvalue weighted by Crippen LogP contribution is 2.29. The maximum absolute atomic E-state index is 13.0. The lowest BCUT2D eigenvalue weighted by Crippen LogP contribution is -2.23. The molecule has 4 rings (SSSR count). The van der Waals surface area contributed by atoms with Crippen molar-refractivity contribution in [3.05, 3.63) is 77.2 Å². The predicted octanol–water partition coefficient (Wildman–Crippen LogP) is 4.14. The lowest BCUT2D eigenvalue weighted by molar-refractivity contribution is 0.0947. The van der Waals surface area contributed by atoms with Gasteiger partial charge in [0.15, 0.2) is 10.7 Å². The van der Waals surface area contributed by atoms with Crippen LogP contribution in [0.5, 0.6) is 5.75 Å². The number of fused-ring (bicyclic) bond motifs is 1. The van der Waals surface area contributed by atoms with Gasteiger partial charge in [-0.3, -0.25) is 9.20 Å². The van der Waals surface area contributed by atoms with Crippen molar-refractivity contribution in [3.63, 3.8) is 0 Å². The molecule has 0 atom stereocenters. The average Bonchev–Trinajstić information content (AvgIpc) is 3.28. The van der Waals surface area contributed by atoms with E-state index in [9.17, 15) is 9.18 Å². The number of methoxy groups -OCH3 is 1. The Bertz CT molecular complexity index is 1100. The standard InChI is InChI=1S/C20H16FN3O2S/c1-26-16-4-2-3-14(11-16)18-17(23-20-24(18)9-10-27-20)19(25)22-12-13-5-7-15(21)8-6-13/h2-11H,12H2,1H3,(H,22,25). The fourth-order valence-corrected chi connectivity index (χ4v) is 3.57. The van der Waals surface area contributed by atoms with E-state index >= 15 is 0 Å². The first kappa shape index (κ1) is 17.2. The van der Waals surface area contributed by atoms with Gasteiger partial charge in [-0.2, -0.15) is 0 Å². The van der Waals surface area contributed by atoms with E-state index in [-0.39, 0.29) is 11.7 Å². The zero-order valence-electron chi connectivity index (χ0n) is 14.5. The summed E-state index contributed by atoms with van der Waals surface area (Å²) in [6, 6.07) is 13.5. The third kappa shape index (κ3) is 3.41. The molecule has 0 radical (unpaired) electrons. The number of nitrogens with one attached hydrogen (secondary N) is 1. The molecule has 0 fully saturated rings. The summed E-state index contributed by atoms with van der Waals surface area (Å²) in [5.74, 6) is 0.114. The normalized spacial score (nSPS) is 10.9. The van der Waals surface area contributed by atoms with Gasteiger partial charge < -0.3 is 10.1 Å². The number of rotatable bonds is 5. The smallest absolute Gasteiger partial charge is 0.272 e. The van der Waals surface area contributed by atoms with Gasteiger partial charge in [0.1, 0.15) is 11.6 Å². The van der Waals surface area contributed by atoms with Gasteiger partial charge in [0.25, 0.3) is 5.91 Å². The monoisotopic (exact) mass is 381 g/mol. The van der Waals surface area contributed by atoms with Gasteiger partial charge in [-0.05, 0) is 29.8 Å². The van der Waals surface area contributed by atoms with Gasteiger partial charge in [0.2, 0.25) is 0 Å². The first-order valence-electron chi connectivity index (χ1n) is 8.28. The molecule has 0 spiro atoms. The highest BCUT2D eigenvalue weighted by Gasteiger charge is 2.21. The second-order valence-electron chi connectivity index (χ2n) is 5.91. The number of carbonyl (C=O) groups excluding carboxylic acids is 1. The number of imidazole rings is 1. The Morgan fingerprint density at radius 3 is 2.85 bits per heavy atom. The molecular weight excluding hydrogens is 365 g/mol. The summed E-state index contributed by atoms with van der Waals surface area (Å²) >= 11 is 1.46. The molecular formula is C20H16FN3O2S. The Morgan fingerprint density at radius 1 is 1.26 bits per heavy atom. The summed E-state index contributed by atoms with van der Waals surface area (Å²) in [5, 5.41) is 4.78. The van der Waals surface area contributed by atoms with Crippen molar-refractivity contribution in [1.82, 2.24) is 14.7 Å². The number of ether oxygens (including phenoxy) is 1. The van der Waals surface area contributed by atoms with Crippen molar-refractivity contribution in [3.8, 4) is 17.0 Å². The van der Waals surface area contributed by atoms with Gasteiger partial charge in [-0.1, -0.05) is 24.3 Å². The quantitative estimate of drug-likeness (QED) is 0.565. The molecule has 0 saturated heterocycles. The molecule has 0 aliphatic heterocycles. The minimum Gasteiger partial charge on any atom is -0.497 e. The first-order chi connectivity index (χ1) is 13.2. The molecule has 7 heteroatoms. The zero-order valence-corrected chi connectivity index (χ0v) is 15.3. The molecule has 136 valence electrons. The minimum atomic E-state index is -0.306. The van der Waals surface area contributed by atoms with Crippen LogP contribution >= 0.6 is 11.3 Å². The SMILES string of the molecule is COc1cccc(-c2c(C(=O)NCc3ccc(F)cc3)nc3sccn23)c1. The van der Waals surface area contributed by atoms with E-state index < -0.39 is 0 Å². The van der Waals surface area contributed by atoms with E-state index in [1.165, 1.54) is 23.5 Å². The highest BCUT2D eigenvalue weighted by molar-refractivity contribution is 7.15. The number of carbonyl (C=O) groups is 1. The van der Waals surface area contributed by atoms with Crippen LogP contribution in [-0.2, 0) is 6.54 Å². The van der Waals surface area contributed by atoms with Crippen molar-refractivity contribution < 1.29 is 13.9 Å². The van der Waals surface area contributed by atoms with Gasteiger partial charge in [-0.15, -0.1) is 11.3 Å². The second kappa shape index (κ2) is 7.20. The van der Waals surface area contributed by atoms with Gasteiger partial charge in [-0.25, -0.2) is 9.37 Å². The predicted molar refractivity (Wildman–Crippen MR) is 103 cm³/mol. The summed E-state index contributed by atoms with van der Waals surface area (Å²) in [7, 11) is 1.60. The molecule has 0 unspecified atom stereocenters. The molecule has 2 heterocycles. The number of benzene rings is 2. The second-order valence-corrected chi connectivity index (χ2v) is 6.78. The van der Waals surface area contributed by atoms with Crippen LogP contribution in [0.4, 0.5) is 4.39 Å². The maximum atomic E-state index is 13.0. The molecule has 5 nitrogen and oxygen atoms in total. The molecule has 1 N–H and O–H groups in total. The highest BCUT2D eigenvalue weighted by atomic mass is 32.1. The summed E-state index contributed by atoms with van der Waals surface area (Å²) in [4.78, 5) is 18.0. The molecule has 1 amide bonds. The van der Waals surface area contributed by atoms with E-state index in [4.69, 9.17) is 4.74 Å². The largest absolute Gasteiger partial charge is 0.497 e. The van der Waals surface area contributed by atoms with Crippen molar-refractivity contribution in [2.75, 3.05) is 7.11 Å². The lowest BCUT2D eigenvalue weighted by Gasteiger charge is -2.08. The molecule has 0 aliphatic carbocycles. The Labute approximate surface area is 159 Å². The Morgan fingerprint density at radius 2 is 2.07 bits per heavy atom. The number of hydrogen-bond donors (Lipinski definition) is 1. The molecule has 27 heavy (non-hydrogen) atoms. The summed E-state index contributed by atoms with van der Waals surface area (Å²) in [6.45, 7) is 0.293. The fraction of sp³-hybridized carbons (Fsp3) is 0.100. The molecule has 2 aromatic carbocycles. The first-order valence-corrected chi connectivity index (χ1v) is 9.16. The molecule has 4 aromatic rings. The number of thiazole rings is 1. The summed E-state index contributed by atoms with van der Waals surface area (Å²) in [6.07, 6.45) is 1.89. The van der Waals surface area contributed by atoms with Crippen molar-refractivity contribution in [2.45, 2.75) is 6.54 Å². The van der Waals surface area contributed by atoms with Gasteiger partial charge in [0.05, 0.1) is 12.8 Å².